The molecule has 0 spiro atoms. The Hall–Kier alpha value is -2.87. The number of allylic oxidation sites excluding steroid dienone is 1. The van der Waals surface area contributed by atoms with Crippen molar-refractivity contribution in [1.29, 1.82) is 0 Å². The summed E-state index contributed by atoms with van der Waals surface area (Å²) in [5, 5.41) is 3.72. The van der Waals surface area contributed by atoms with Gasteiger partial charge in [0.15, 0.2) is 22.0 Å². The van der Waals surface area contributed by atoms with Gasteiger partial charge in [-0.2, -0.15) is 4.99 Å². The zero-order chi connectivity index (χ0) is 17.4. The van der Waals surface area contributed by atoms with Crippen molar-refractivity contribution in [2.75, 3.05) is 13.2 Å². The Morgan fingerprint density at radius 2 is 2.12 bits per heavy atom. The highest BCUT2D eigenvalue weighted by Crippen LogP contribution is 2.35. The number of hydrogen-bond donors (Lipinski definition) is 0. The fourth-order valence-electron chi connectivity index (χ4n) is 2.61. The van der Waals surface area contributed by atoms with Crippen molar-refractivity contribution < 1.29 is 18.8 Å². The molecular weight excluding hydrogens is 342 g/mol. The second-order valence-electron chi connectivity index (χ2n) is 5.49. The molecule has 0 saturated carbocycles. The number of fused-ring (bicyclic) bond motifs is 2. The van der Waals surface area contributed by atoms with Crippen LogP contribution in [0.1, 0.15) is 16.2 Å². The maximum atomic E-state index is 12.3. The first-order valence-electron chi connectivity index (χ1n) is 7.72. The monoisotopic (exact) mass is 357 g/mol. The van der Waals surface area contributed by atoms with E-state index in [0.717, 1.165) is 10.2 Å². The molecule has 25 heavy (non-hydrogen) atoms. The van der Waals surface area contributed by atoms with E-state index in [1.807, 2.05) is 16.7 Å². The minimum absolute atomic E-state index is 0.186. The van der Waals surface area contributed by atoms with Crippen LogP contribution in [0.15, 0.2) is 40.4 Å². The van der Waals surface area contributed by atoms with E-state index in [2.05, 4.69) is 16.7 Å². The van der Waals surface area contributed by atoms with Crippen molar-refractivity contribution in [2.45, 2.75) is 13.5 Å². The highest BCUT2D eigenvalue weighted by molar-refractivity contribution is 7.16. The molecule has 0 N–H and O–H groups in total. The summed E-state index contributed by atoms with van der Waals surface area (Å²) >= 11 is 1.40. The largest absolute Gasteiger partial charge is 0.486 e. The Labute approximate surface area is 146 Å². The van der Waals surface area contributed by atoms with Crippen LogP contribution >= 0.6 is 11.3 Å². The number of aromatic nitrogens is 2. The lowest BCUT2D eigenvalue weighted by molar-refractivity contribution is 0.0989. The average molecular weight is 357 g/mol. The second-order valence-corrected chi connectivity index (χ2v) is 6.50. The van der Waals surface area contributed by atoms with Gasteiger partial charge in [0.05, 0.1) is 10.2 Å². The number of carbonyl (C=O) groups excluding carboxylic acids is 1. The van der Waals surface area contributed by atoms with E-state index >= 15 is 0 Å². The third kappa shape index (κ3) is 2.85. The average Bonchev–Trinajstić information content (AvgIpc) is 3.18. The molecule has 0 saturated heterocycles. The van der Waals surface area contributed by atoms with Crippen molar-refractivity contribution >= 4 is 27.5 Å². The molecule has 1 amide bonds. The molecule has 0 fully saturated rings. The number of rotatable bonds is 3. The van der Waals surface area contributed by atoms with Crippen LogP contribution in [0.4, 0.5) is 0 Å². The Morgan fingerprint density at radius 3 is 2.80 bits per heavy atom. The van der Waals surface area contributed by atoms with Gasteiger partial charge >= 0.3 is 5.91 Å². The molecule has 3 aromatic rings. The van der Waals surface area contributed by atoms with E-state index in [-0.39, 0.29) is 5.69 Å². The molecule has 0 atom stereocenters. The number of hydrogen-bond acceptors (Lipinski definition) is 6. The molecule has 1 aromatic carbocycles. The van der Waals surface area contributed by atoms with E-state index in [0.29, 0.717) is 41.8 Å². The third-order valence-corrected chi connectivity index (χ3v) is 4.74. The van der Waals surface area contributed by atoms with E-state index in [1.54, 1.807) is 19.1 Å². The molecule has 1 aliphatic rings. The van der Waals surface area contributed by atoms with Gasteiger partial charge in [-0.25, -0.2) is 0 Å². The van der Waals surface area contributed by atoms with Gasteiger partial charge in [-0.3, -0.25) is 4.79 Å². The van der Waals surface area contributed by atoms with Crippen molar-refractivity contribution in [3.05, 3.63) is 47.1 Å². The Balaban J connectivity index is 1.87. The van der Waals surface area contributed by atoms with Gasteiger partial charge < -0.3 is 18.6 Å². The minimum Gasteiger partial charge on any atom is -0.486 e. The van der Waals surface area contributed by atoms with Gasteiger partial charge in [0.25, 0.3) is 0 Å². The standard InChI is InChI=1S/C17H15N3O4S/c1-3-4-20-12-8-13-14(23-6-5-22-13)9-15(12)25-17(20)18-16(21)11-7-10(2)24-19-11/h3,7-9H,1,4-6H2,2H3. The Morgan fingerprint density at radius 1 is 1.36 bits per heavy atom. The van der Waals surface area contributed by atoms with Crippen LogP contribution in [0.25, 0.3) is 10.2 Å². The minimum atomic E-state index is -0.446. The highest BCUT2D eigenvalue weighted by Gasteiger charge is 2.17. The molecule has 0 unspecified atom stereocenters. The SMILES string of the molecule is C=CCn1c(=NC(=O)c2cc(C)on2)sc2cc3c(cc21)OCCO3. The van der Waals surface area contributed by atoms with Crippen LogP contribution in [0.2, 0.25) is 0 Å². The smallest absolute Gasteiger partial charge is 0.301 e. The molecular formula is C17H15N3O4S. The summed E-state index contributed by atoms with van der Waals surface area (Å²) in [6.45, 7) is 7.08. The van der Waals surface area contributed by atoms with Crippen molar-refractivity contribution in [3.63, 3.8) is 0 Å². The van der Waals surface area contributed by atoms with Gasteiger partial charge in [0.1, 0.15) is 19.0 Å². The maximum Gasteiger partial charge on any atom is 0.301 e. The fourth-order valence-corrected chi connectivity index (χ4v) is 3.66. The normalized spacial score (nSPS) is 14.0. The predicted octanol–water partition coefficient (Wildman–Crippen LogP) is 2.70. The lowest BCUT2D eigenvalue weighted by atomic mass is 10.2. The van der Waals surface area contributed by atoms with E-state index < -0.39 is 5.91 Å². The molecule has 8 heteroatoms. The number of amides is 1. The number of ether oxygens (including phenoxy) is 2. The summed E-state index contributed by atoms with van der Waals surface area (Å²) in [6.07, 6.45) is 1.76. The van der Waals surface area contributed by atoms with Crippen LogP contribution in [0.3, 0.4) is 0 Å². The van der Waals surface area contributed by atoms with Gasteiger partial charge in [0.2, 0.25) is 0 Å². The fraction of sp³-hybridized carbons (Fsp3) is 0.235. The molecule has 128 valence electrons. The van der Waals surface area contributed by atoms with Gasteiger partial charge in [0, 0.05) is 24.7 Å². The van der Waals surface area contributed by atoms with Gasteiger partial charge in [-0.1, -0.05) is 22.6 Å². The Bertz CT molecular complexity index is 1040. The third-order valence-electron chi connectivity index (χ3n) is 3.70. The lowest BCUT2D eigenvalue weighted by Crippen LogP contribution is -2.17. The first kappa shape index (κ1) is 15.6. The van der Waals surface area contributed by atoms with Crippen LogP contribution < -0.4 is 14.3 Å². The molecule has 4 rings (SSSR count). The van der Waals surface area contributed by atoms with E-state index in [1.165, 1.54) is 11.3 Å². The molecule has 7 nitrogen and oxygen atoms in total. The second kappa shape index (κ2) is 6.21. The van der Waals surface area contributed by atoms with Crippen molar-refractivity contribution in [2.24, 2.45) is 4.99 Å². The number of nitrogens with zero attached hydrogens (tertiary/aromatic N) is 3. The number of thiazole rings is 1. The first-order valence-corrected chi connectivity index (χ1v) is 8.53. The molecule has 0 bridgehead atoms. The molecule has 1 aliphatic heterocycles. The zero-order valence-corrected chi connectivity index (χ0v) is 14.3. The number of carbonyl (C=O) groups is 1. The first-order chi connectivity index (χ1) is 12.2. The quantitative estimate of drug-likeness (QED) is 0.674. The molecule has 3 heterocycles. The summed E-state index contributed by atoms with van der Waals surface area (Å²) in [5.41, 5.74) is 1.10. The molecule has 2 aromatic heterocycles. The summed E-state index contributed by atoms with van der Waals surface area (Å²) in [5.74, 6) is 1.52. The van der Waals surface area contributed by atoms with Crippen molar-refractivity contribution in [1.82, 2.24) is 9.72 Å². The topological polar surface area (TPSA) is 78.9 Å². The molecule has 0 aliphatic carbocycles. The summed E-state index contributed by atoms with van der Waals surface area (Å²) in [6, 6.07) is 5.39. The van der Waals surface area contributed by atoms with Crippen LogP contribution in [-0.2, 0) is 6.54 Å². The van der Waals surface area contributed by atoms with Gasteiger partial charge in [-0.15, -0.1) is 6.58 Å². The van der Waals surface area contributed by atoms with E-state index in [4.69, 9.17) is 14.0 Å². The highest BCUT2D eigenvalue weighted by atomic mass is 32.1. The Kier molecular flexibility index (Phi) is 3.89. The summed E-state index contributed by atoms with van der Waals surface area (Å²) in [4.78, 5) is 17.1. The molecule has 0 radical (unpaired) electrons. The van der Waals surface area contributed by atoms with Crippen molar-refractivity contribution in [3.8, 4) is 11.5 Å². The summed E-state index contributed by atoms with van der Waals surface area (Å²) in [7, 11) is 0. The number of aryl methyl sites for hydroxylation is 1. The van der Waals surface area contributed by atoms with Crippen LogP contribution in [0.5, 0.6) is 11.5 Å². The summed E-state index contributed by atoms with van der Waals surface area (Å²) < 4.78 is 19.1. The lowest BCUT2D eigenvalue weighted by Gasteiger charge is -2.18. The van der Waals surface area contributed by atoms with Crippen LogP contribution in [0, 0.1) is 6.92 Å². The zero-order valence-electron chi connectivity index (χ0n) is 13.5. The number of benzene rings is 1. The predicted molar refractivity (Wildman–Crippen MR) is 92.1 cm³/mol. The van der Waals surface area contributed by atoms with Gasteiger partial charge in [-0.05, 0) is 6.92 Å². The van der Waals surface area contributed by atoms with E-state index in [9.17, 15) is 4.79 Å². The van der Waals surface area contributed by atoms with Crippen LogP contribution in [-0.4, -0.2) is 28.8 Å². The maximum absolute atomic E-state index is 12.3.